The number of nitriles is 1. The van der Waals surface area contributed by atoms with Crippen LogP contribution in [0, 0.1) is 23.0 Å². The Labute approximate surface area is 210 Å². The van der Waals surface area contributed by atoms with E-state index >= 15 is 0 Å². The lowest BCUT2D eigenvalue weighted by Gasteiger charge is -2.09. The molecule has 0 atom stereocenters. The van der Waals surface area contributed by atoms with Crippen molar-refractivity contribution >= 4 is 16.8 Å². The summed E-state index contributed by atoms with van der Waals surface area (Å²) in [5, 5.41) is 10.0. The van der Waals surface area contributed by atoms with Gasteiger partial charge in [0, 0.05) is 36.0 Å². The fourth-order valence-corrected chi connectivity index (χ4v) is 4.30. The number of carbonyl (C=O) groups is 1. The molecule has 0 bridgehead atoms. The molecule has 5 aromatic rings. The number of halogens is 2. The summed E-state index contributed by atoms with van der Waals surface area (Å²) in [7, 11) is 0. The van der Waals surface area contributed by atoms with Gasteiger partial charge in [0.25, 0.3) is 5.56 Å². The van der Waals surface area contributed by atoms with E-state index < -0.39 is 17.2 Å². The highest BCUT2D eigenvalue weighted by molar-refractivity contribution is 5.96. The number of aromatic nitrogens is 3. The van der Waals surface area contributed by atoms with Gasteiger partial charge in [-0.3, -0.25) is 9.59 Å². The van der Waals surface area contributed by atoms with Gasteiger partial charge in [-0.15, -0.1) is 0 Å². The summed E-state index contributed by atoms with van der Waals surface area (Å²) in [6.07, 6.45) is 5.41. The number of carbonyl (C=O) groups excluding carboxylic acids is 1. The molecule has 6 nitrogen and oxygen atoms in total. The summed E-state index contributed by atoms with van der Waals surface area (Å²) < 4.78 is 28.1. The van der Waals surface area contributed by atoms with Gasteiger partial charge in [0.2, 0.25) is 0 Å². The summed E-state index contributed by atoms with van der Waals surface area (Å²) in [6, 6.07) is 18.1. The average molecular weight is 495 g/mol. The smallest absolute Gasteiger partial charge is 0.261 e. The Kier molecular flexibility index (Phi) is 6.43. The monoisotopic (exact) mass is 494 g/mol. The highest BCUT2D eigenvalue weighted by Gasteiger charge is 2.14. The molecule has 2 aromatic carbocycles. The molecule has 0 aliphatic carbocycles. The van der Waals surface area contributed by atoms with E-state index in [1.54, 1.807) is 12.1 Å². The normalized spacial score (nSPS) is 10.9. The average Bonchev–Trinajstić information content (AvgIpc) is 3.34. The first kappa shape index (κ1) is 23.8. The van der Waals surface area contributed by atoms with Crippen molar-refractivity contribution in [2.24, 2.45) is 0 Å². The lowest BCUT2D eigenvalue weighted by atomic mass is 9.99. The van der Waals surface area contributed by atoms with Crippen LogP contribution in [-0.2, 0) is 13.0 Å². The topological polar surface area (TPSA) is 91.5 Å². The van der Waals surface area contributed by atoms with Crippen molar-refractivity contribution in [2.45, 2.75) is 19.4 Å². The Morgan fingerprint density at radius 2 is 1.89 bits per heavy atom. The minimum atomic E-state index is -0.991. The lowest BCUT2D eigenvalue weighted by Crippen LogP contribution is -2.26. The maximum Gasteiger partial charge on any atom is 0.261 e. The highest BCUT2D eigenvalue weighted by atomic mass is 19.2. The van der Waals surface area contributed by atoms with E-state index in [0.29, 0.717) is 23.2 Å². The lowest BCUT2D eigenvalue weighted by molar-refractivity contribution is 0.0981. The number of aryl methyl sites for hydroxylation is 1. The van der Waals surface area contributed by atoms with Crippen molar-refractivity contribution < 1.29 is 13.6 Å². The van der Waals surface area contributed by atoms with Gasteiger partial charge in [0.05, 0.1) is 17.7 Å². The van der Waals surface area contributed by atoms with Gasteiger partial charge < -0.3 is 9.55 Å². The molecule has 0 amide bonds. The summed E-state index contributed by atoms with van der Waals surface area (Å²) in [5.74, 6) is -2.25. The number of nitrogens with one attached hydrogen (secondary N) is 1. The maximum absolute atomic E-state index is 13.5. The Morgan fingerprint density at radius 1 is 1.03 bits per heavy atom. The number of rotatable bonds is 7. The highest BCUT2D eigenvalue weighted by Crippen LogP contribution is 2.29. The van der Waals surface area contributed by atoms with Crippen molar-refractivity contribution in [3.05, 3.63) is 123 Å². The zero-order valence-electron chi connectivity index (χ0n) is 19.5. The number of fused-ring (bicyclic) bond motifs is 1. The molecule has 0 saturated heterocycles. The molecule has 0 spiro atoms. The molecular formula is C29H20F2N4O2. The van der Waals surface area contributed by atoms with Gasteiger partial charge in [-0.2, -0.15) is 5.26 Å². The third-order valence-electron chi connectivity index (χ3n) is 6.20. The molecule has 0 fully saturated rings. The second kappa shape index (κ2) is 9.99. The van der Waals surface area contributed by atoms with Gasteiger partial charge in [-0.25, -0.2) is 13.8 Å². The molecule has 0 radical (unpaired) electrons. The van der Waals surface area contributed by atoms with Crippen molar-refractivity contribution in [3.8, 4) is 17.2 Å². The van der Waals surface area contributed by atoms with E-state index in [1.807, 2.05) is 30.5 Å². The number of ketones is 1. The van der Waals surface area contributed by atoms with Crippen molar-refractivity contribution in [3.63, 3.8) is 0 Å². The zero-order chi connectivity index (χ0) is 25.9. The minimum absolute atomic E-state index is 0.0200. The fraction of sp³-hybridized carbons (Fsp3) is 0.103. The predicted molar refractivity (Wildman–Crippen MR) is 135 cm³/mol. The van der Waals surface area contributed by atoms with Crippen LogP contribution in [-0.4, -0.2) is 20.3 Å². The van der Waals surface area contributed by atoms with Crippen LogP contribution in [0.4, 0.5) is 8.78 Å². The molecule has 1 N–H and O–H groups in total. The second-order valence-corrected chi connectivity index (χ2v) is 8.66. The Hall–Kier alpha value is -4.90. The molecule has 37 heavy (non-hydrogen) atoms. The van der Waals surface area contributed by atoms with Gasteiger partial charge in [0.15, 0.2) is 17.4 Å². The largest absolute Gasteiger partial charge is 0.346 e. The number of Topliss-reactive ketones (excluding diaryl/α,β-unsaturated/α-hetero) is 1. The SMILES string of the molecule is N#Cc1cnc2[nH]cc(-c3cccc(CCC(=O)c4cccn(Cc5ccc(F)c(F)c5)c4=O)c3)c2c1. The second-order valence-electron chi connectivity index (χ2n) is 8.66. The summed E-state index contributed by atoms with van der Waals surface area (Å²) in [6.45, 7) is 0.0200. The number of benzene rings is 2. The number of nitrogens with zero attached hydrogens (tertiary/aromatic N) is 3. The summed E-state index contributed by atoms with van der Waals surface area (Å²) >= 11 is 0. The van der Waals surface area contributed by atoms with Crippen LogP contribution >= 0.6 is 0 Å². The molecule has 8 heteroatoms. The fourth-order valence-electron chi connectivity index (χ4n) is 4.30. The molecule has 3 heterocycles. The van der Waals surface area contributed by atoms with E-state index in [-0.39, 0.29) is 24.3 Å². The van der Waals surface area contributed by atoms with Crippen molar-refractivity contribution in [2.75, 3.05) is 0 Å². The van der Waals surface area contributed by atoms with Crippen LogP contribution in [0.15, 0.2) is 84.0 Å². The van der Waals surface area contributed by atoms with Crippen LogP contribution < -0.4 is 5.56 Å². The molecule has 0 saturated carbocycles. The number of hydrogen-bond acceptors (Lipinski definition) is 4. The van der Waals surface area contributed by atoms with E-state index in [1.165, 1.54) is 29.1 Å². The quantitative estimate of drug-likeness (QED) is 0.307. The van der Waals surface area contributed by atoms with Crippen LogP contribution in [0.3, 0.4) is 0 Å². The first-order valence-electron chi connectivity index (χ1n) is 11.6. The number of aromatic amines is 1. The molecule has 5 rings (SSSR count). The number of hydrogen-bond donors (Lipinski definition) is 1. The molecule has 0 unspecified atom stereocenters. The van der Waals surface area contributed by atoms with Crippen molar-refractivity contribution in [1.29, 1.82) is 5.26 Å². The number of pyridine rings is 2. The molecule has 3 aromatic heterocycles. The van der Waals surface area contributed by atoms with Crippen LogP contribution in [0.1, 0.15) is 33.5 Å². The molecular weight excluding hydrogens is 474 g/mol. The number of H-pyrrole nitrogens is 1. The summed E-state index contributed by atoms with van der Waals surface area (Å²) in [4.78, 5) is 33.2. The van der Waals surface area contributed by atoms with E-state index in [2.05, 4.69) is 16.0 Å². The maximum atomic E-state index is 13.5. The van der Waals surface area contributed by atoms with Crippen LogP contribution in [0.25, 0.3) is 22.2 Å². The van der Waals surface area contributed by atoms with E-state index in [9.17, 15) is 23.6 Å². The standard InChI is InChI=1S/C29H20F2N4O2/c30-25-8-6-19(13-26(25)31)17-35-10-2-5-22(29(35)37)27(36)9-7-18-3-1-4-21(11-18)24-16-34-28-23(24)12-20(14-32)15-33-28/h1-6,8,10-13,15-16H,7,9,17H2,(H,33,34). The van der Waals surface area contributed by atoms with Crippen LogP contribution in [0.2, 0.25) is 0 Å². The van der Waals surface area contributed by atoms with E-state index in [4.69, 9.17) is 0 Å². The Morgan fingerprint density at radius 3 is 2.70 bits per heavy atom. The predicted octanol–water partition coefficient (Wildman–Crippen LogP) is 5.41. The Balaban J connectivity index is 1.33. The van der Waals surface area contributed by atoms with Gasteiger partial charge in [-0.05, 0) is 53.4 Å². The molecule has 0 aliphatic heterocycles. The zero-order valence-corrected chi connectivity index (χ0v) is 19.5. The first-order valence-corrected chi connectivity index (χ1v) is 11.6. The van der Waals surface area contributed by atoms with Crippen LogP contribution in [0.5, 0.6) is 0 Å². The summed E-state index contributed by atoms with van der Waals surface area (Å²) in [5.41, 5.74) is 3.86. The Bertz CT molecular complexity index is 1750. The first-order chi connectivity index (χ1) is 17.9. The van der Waals surface area contributed by atoms with Gasteiger partial charge in [-0.1, -0.05) is 30.3 Å². The third kappa shape index (κ3) is 4.93. The van der Waals surface area contributed by atoms with E-state index in [0.717, 1.165) is 34.2 Å². The minimum Gasteiger partial charge on any atom is -0.346 e. The molecule has 182 valence electrons. The third-order valence-corrected chi connectivity index (χ3v) is 6.20. The molecule has 0 aliphatic rings. The van der Waals surface area contributed by atoms with Gasteiger partial charge in [0.1, 0.15) is 11.7 Å². The van der Waals surface area contributed by atoms with Crippen molar-refractivity contribution in [1.82, 2.24) is 14.5 Å². The van der Waals surface area contributed by atoms with Gasteiger partial charge >= 0.3 is 0 Å².